The summed E-state index contributed by atoms with van der Waals surface area (Å²) in [6.07, 6.45) is 0.498. The molecule has 2 aromatic carbocycles. The Morgan fingerprint density at radius 2 is 2.08 bits per heavy atom. The van der Waals surface area contributed by atoms with Gasteiger partial charge in [0.1, 0.15) is 17.3 Å². The average Bonchev–Trinajstić information content (AvgIpc) is 2.61. The van der Waals surface area contributed by atoms with E-state index in [1.807, 2.05) is 25.1 Å². The predicted molar refractivity (Wildman–Crippen MR) is 98.9 cm³/mol. The zero-order valence-electron chi connectivity index (χ0n) is 14.5. The fraction of sp³-hybridized carbons (Fsp3) is 0.333. The quantitative estimate of drug-likeness (QED) is 0.811. The maximum absolute atomic E-state index is 12.8. The topological polar surface area (TPSA) is 73.9 Å². The molecule has 6 nitrogen and oxygen atoms in total. The number of nitrogens with one attached hydrogen (secondary N) is 1. The first-order chi connectivity index (χ1) is 12.4. The molecule has 0 radical (unpaired) electrons. The van der Waals surface area contributed by atoms with Gasteiger partial charge in [0, 0.05) is 5.02 Å². The van der Waals surface area contributed by atoms with Crippen molar-refractivity contribution in [3.63, 3.8) is 0 Å². The summed E-state index contributed by atoms with van der Waals surface area (Å²) >= 11 is 5.95. The monoisotopic (exact) mass is 397 g/mol. The first kappa shape index (κ1) is 18.8. The van der Waals surface area contributed by atoms with Crippen LogP contribution >= 0.6 is 11.6 Å². The molecule has 0 bridgehead atoms. The van der Waals surface area contributed by atoms with Gasteiger partial charge in [-0.05, 0) is 43.2 Å². The summed E-state index contributed by atoms with van der Waals surface area (Å²) in [6, 6.07) is 9.67. The van der Waals surface area contributed by atoms with Crippen molar-refractivity contribution in [3.05, 3.63) is 47.0 Å². The standard InChI is InChI=1S/C18H20ClNO5S/c1-3-24-16-6-4-5-12-9-14(11-25-18(12)16)20-26(21,22)17-10-13(19)7-8-15(17)23-2/h4-8,10,14,20H,3,9,11H2,1-2H3. The Balaban J connectivity index is 1.82. The van der Waals surface area contributed by atoms with E-state index in [9.17, 15) is 8.42 Å². The second-order valence-electron chi connectivity index (χ2n) is 5.81. The van der Waals surface area contributed by atoms with Gasteiger partial charge >= 0.3 is 0 Å². The molecular weight excluding hydrogens is 378 g/mol. The molecule has 0 fully saturated rings. The largest absolute Gasteiger partial charge is 0.495 e. The van der Waals surface area contributed by atoms with Gasteiger partial charge in [0.25, 0.3) is 0 Å². The molecule has 0 spiro atoms. The first-order valence-corrected chi connectivity index (χ1v) is 10.0. The van der Waals surface area contributed by atoms with Crippen LogP contribution in [0.15, 0.2) is 41.3 Å². The molecule has 1 N–H and O–H groups in total. The molecule has 0 saturated heterocycles. The Labute approximate surface area is 158 Å². The normalized spacial score (nSPS) is 16.5. The molecule has 26 heavy (non-hydrogen) atoms. The smallest absolute Gasteiger partial charge is 0.244 e. The van der Waals surface area contributed by atoms with Crippen molar-refractivity contribution >= 4 is 21.6 Å². The van der Waals surface area contributed by atoms with Crippen LogP contribution in [0.4, 0.5) is 0 Å². The van der Waals surface area contributed by atoms with Crippen LogP contribution in [0.5, 0.6) is 17.2 Å². The molecular formula is C18H20ClNO5S. The van der Waals surface area contributed by atoms with Gasteiger partial charge in [0.2, 0.25) is 10.0 Å². The highest BCUT2D eigenvalue weighted by Crippen LogP contribution is 2.35. The van der Waals surface area contributed by atoms with Crippen molar-refractivity contribution < 1.29 is 22.6 Å². The third kappa shape index (κ3) is 3.90. The fourth-order valence-electron chi connectivity index (χ4n) is 2.88. The molecule has 2 aromatic rings. The van der Waals surface area contributed by atoms with Crippen molar-refractivity contribution in [1.29, 1.82) is 0 Å². The molecule has 0 saturated carbocycles. The minimum Gasteiger partial charge on any atom is -0.495 e. The van der Waals surface area contributed by atoms with Gasteiger partial charge in [-0.15, -0.1) is 0 Å². The molecule has 1 heterocycles. The van der Waals surface area contributed by atoms with Gasteiger partial charge < -0.3 is 14.2 Å². The van der Waals surface area contributed by atoms with Crippen LogP contribution in [0.1, 0.15) is 12.5 Å². The first-order valence-electron chi connectivity index (χ1n) is 8.18. The zero-order valence-corrected chi connectivity index (χ0v) is 16.1. The molecule has 0 aromatic heterocycles. The second-order valence-corrected chi connectivity index (χ2v) is 7.92. The number of hydrogen-bond acceptors (Lipinski definition) is 5. The van der Waals surface area contributed by atoms with E-state index < -0.39 is 16.1 Å². The van der Waals surface area contributed by atoms with Gasteiger partial charge in [-0.3, -0.25) is 0 Å². The third-order valence-electron chi connectivity index (χ3n) is 3.99. The van der Waals surface area contributed by atoms with Crippen LogP contribution in [0.3, 0.4) is 0 Å². The van der Waals surface area contributed by atoms with Crippen molar-refractivity contribution in [1.82, 2.24) is 4.72 Å². The number of benzene rings is 2. The molecule has 1 unspecified atom stereocenters. The maximum Gasteiger partial charge on any atom is 0.244 e. The van der Waals surface area contributed by atoms with E-state index in [-0.39, 0.29) is 17.3 Å². The minimum atomic E-state index is -3.82. The summed E-state index contributed by atoms with van der Waals surface area (Å²) in [5, 5.41) is 0.317. The summed E-state index contributed by atoms with van der Waals surface area (Å²) in [5.41, 5.74) is 0.896. The van der Waals surface area contributed by atoms with Gasteiger partial charge in [0.15, 0.2) is 11.5 Å². The van der Waals surface area contributed by atoms with Crippen molar-refractivity contribution in [2.75, 3.05) is 20.3 Å². The lowest BCUT2D eigenvalue weighted by Gasteiger charge is -2.27. The number of halogens is 1. The van der Waals surface area contributed by atoms with Gasteiger partial charge in [-0.25, -0.2) is 13.1 Å². The lowest BCUT2D eigenvalue weighted by Crippen LogP contribution is -2.42. The van der Waals surface area contributed by atoms with E-state index in [1.165, 1.54) is 19.2 Å². The highest BCUT2D eigenvalue weighted by molar-refractivity contribution is 7.89. The molecule has 140 valence electrons. The molecule has 3 rings (SSSR count). The molecule has 0 aliphatic carbocycles. The lowest BCUT2D eigenvalue weighted by molar-refractivity contribution is 0.233. The molecule has 1 aliphatic heterocycles. The number of ether oxygens (including phenoxy) is 3. The third-order valence-corrected chi connectivity index (χ3v) is 5.77. The van der Waals surface area contributed by atoms with Gasteiger partial charge in [0.05, 0.1) is 19.8 Å². The molecule has 0 amide bonds. The van der Waals surface area contributed by atoms with Crippen molar-refractivity contribution in [2.45, 2.75) is 24.3 Å². The van der Waals surface area contributed by atoms with Crippen molar-refractivity contribution in [3.8, 4) is 17.2 Å². The number of methoxy groups -OCH3 is 1. The fourth-order valence-corrected chi connectivity index (χ4v) is 4.53. The summed E-state index contributed by atoms with van der Waals surface area (Å²) in [4.78, 5) is 0.00126. The Morgan fingerprint density at radius 3 is 2.81 bits per heavy atom. The van der Waals surface area contributed by atoms with E-state index in [0.29, 0.717) is 29.5 Å². The van der Waals surface area contributed by atoms with Crippen LogP contribution in [0, 0.1) is 0 Å². The van der Waals surface area contributed by atoms with Crippen LogP contribution in [0.25, 0.3) is 0 Å². The van der Waals surface area contributed by atoms with E-state index in [2.05, 4.69) is 4.72 Å². The summed E-state index contributed by atoms with van der Waals surface area (Å²) in [5.74, 6) is 1.57. The number of para-hydroxylation sites is 1. The van der Waals surface area contributed by atoms with Gasteiger partial charge in [-0.1, -0.05) is 23.7 Å². The van der Waals surface area contributed by atoms with Crippen LogP contribution < -0.4 is 18.9 Å². The SMILES string of the molecule is CCOc1cccc2c1OCC(NS(=O)(=O)c1cc(Cl)ccc1OC)C2. The Hall–Kier alpha value is -1.96. The summed E-state index contributed by atoms with van der Waals surface area (Å²) < 4.78 is 44.7. The van der Waals surface area contributed by atoms with Crippen LogP contribution in [-0.2, 0) is 16.4 Å². The number of rotatable bonds is 6. The summed E-state index contributed by atoms with van der Waals surface area (Å²) in [7, 11) is -2.40. The predicted octanol–water partition coefficient (Wildman–Crippen LogP) is 3.03. The van der Waals surface area contributed by atoms with Crippen LogP contribution in [-0.4, -0.2) is 34.8 Å². The van der Waals surface area contributed by atoms with E-state index in [4.69, 9.17) is 25.8 Å². The van der Waals surface area contributed by atoms with Crippen LogP contribution in [0.2, 0.25) is 5.02 Å². The number of sulfonamides is 1. The Kier molecular flexibility index (Phi) is 5.60. The van der Waals surface area contributed by atoms with Crippen molar-refractivity contribution in [2.24, 2.45) is 0 Å². The number of hydrogen-bond donors (Lipinski definition) is 1. The maximum atomic E-state index is 12.8. The second kappa shape index (κ2) is 7.73. The zero-order chi connectivity index (χ0) is 18.7. The molecule has 1 aliphatic rings. The van der Waals surface area contributed by atoms with E-state index in [1.54, 1.807) is 6.07 Å². The molecule has 1 atom stereocenters. The Morgan fingerprint density at radius 1 is 1.27 bits per heavy atom. The highest BCUT2D eigenvalue weighted by atomic mass is 35.5. The van der Waals surface area contributed by atoms with E-state index in [0.717, 1.165) is 5.56 Å². The highest BCUT2D eigenvalue weighted by Gasteiger charge is 2.29. The lowest BCUT2D eigenvalue weighted by atomic mass is 10.0. The molecule has 8 heteroatoms. The van der Waals surface area contributed by atoms with E-state index >= 15 is 0 Å². The summed E-state index contributed by atoms with van der Waals surface area (Å²) in [6.45, 7) is 2.64. The average molecular weight is 398 g/mol. The van der Waals surface area contributed by atoms with Gasteiger partial charge in [-0.2, -0.15) is 0 Å². The Bertz CT molecular complexity index is 900. The number of fused-ring (bicyclic) bond motifs is 1. The minimum absolute atomic E-state index is 0.00126.